The minimum atomic E-state index is -2.10. The van der Waals surface area contributed by atoms with Gasteiger partial charge in [-0.15, -0.1) is 43.4 Å². The van der Waals surface area contributed by atoms with Crippen LogP contribution in [-0.2, 0) is 24.8 Å². The fourth-order valence-corrected chi connectivity index (χ4v) is 7.59. The van der Waals surface area contributed by atoms with Crippen molar-refractivity contribution in [3.63, 3.8) is 0 Å². The van der Waals surface area contributed by atoms with Gasteiger partial charge in [-0.05, 0) is 61.3 Å². The predicted octanol–water partition coefficient (Wildman–Crippen LogP) is 7.90. The Bertz CT molecular complexity index is 1200. The second kappa shape index (κ2) is 12.2. The molecule has 1 saturated heterocycles. The molecule has 0 amide bonds. The van der Waals surface area contributed by atoms with Crippen LogP contribution in [0.1, 0.15) is 69.3 Å². The summed E-state index contributed by atoms with van der Waals surface area (Å²) in [4.78, 5) is 5.87. The SMILES string of the molecule is [2H]C([2H])([2H])C1=NC2OC3=C([C@@H]4[N-]CC=C5C=C(C)SC54)[CH-]CCC3C2CC1.[C-]1=C(C2=CCCC[N-]2)CCC=C1.[Ir]. The Balaban J connectivity index is 0.000000209. The summed E-state index contributed by atoms with van der Waals surface area (Å²) in [6.45, 7) is 1.82. The van der Waals surface area contributed by atoms with Gasteiger partial charge in [0.2, 0.25) is 0 Å². The Morgan fingerprint density at radius 2 is 2.19 bits per heavy atom. The van der Waals surface area contributed by atoms with E-state index in [9.17, 15) is 0 Å². The molecule has 5 heterocycles. The molecule has 0 aromatic heterocycles. The standard InChI is InChI=1S/C20H24N2OS.C11H13N.Ir/c1-11-6-7-15-14-4-3-5-16(18(14)23-20(15)22-11)17-19-13(8-9-21-17)10-12(2)24-19;1-2-6-10(7-3-1)11-8-4-5-9-12-11;/h5,8,10,14-15,17,19-20H,3-4,6-7,9H2,1-2H3;1-2,8H,3-5,7,9H2;/q2*-2;/t14?,15?,17-,19?,20?;;/m0../s1/i1D3;;. The van der Waals surface area contributed by atoms with Gasteiger partial charge in [-0.2, -0.15) is 35.5 Å². The molecule has 4 nitrogen and oxygen atoms in total. The quantitative estimate of drug-likeness (QED) is 0.276. The molecule has 0 saturated carbocycles. The second-order valence-electron chi connectivity index (χ2n) is 10.5. The Morgan fingerprint density at radius 1 is 1.24 bits per heavy atom. The first kappa shape index (κ1) is 23.4. The Morgan fingerprint density at radius 3 is 3.00 bits per heavy atom. The Kier molecular flexibility index (Phi) is 7.70. The molecule has 0 aromatic carbocycles. The van der Waals surface area contributed by atoms with E-state index in [1.165, 1.54) is 40.2 Å². The number of thioether (sulfide) groups is 1. The van der Waals surface area contributed by atoms with E-state index >= 15 is 0 Å². The number of nitrogens with zero attached hydrogens (tertiary/aromatic N) is 3. The largest absolute Gasteiger partial charge is 0.742 e. The summed E-state index contributed by atoms with van der Waals surface area (Å²) in [5, 5.41) is 9.77. The molecule has 7 aliphatic rings. The fraction of sp³-hybridized carbons (Fsp3) is 0.548. The van der Waals surface area contributed by atoms with Crippen molar-refractivity contribution in [3.05, 3.63) is 86.6 Å². The Hall–Kier alpha value is -1.46. The monoisotopic (exact) mass is 695 g/mol. The van der Waals surface area contributed by atoms with Gasteiger partial charge >= 0.3 is 0 Å². The second-order valence-corrected chi connectivity index (χ2v) is 11.9. The summed E-state index contributed by atoms with van der Waals surface area (Å²) >= 11 is 1.90. The van der Waals surface area contributed by atoms with Gasteiger partial charge in [-0.3, -0.25) is 4.99 Å². The zero-order valence-corrected chi connectivity index (χ0v) is 24.6. The van der Waals surface area contributed by atoms with Crippen molar-refractivity contribution in [3.8, 4) is 0 Å². The van der Waals surface area contributed by atoms with Crippen LogP contribution in [0.15, 0.2) is 68.5 Å². The van der Waals surface area contributed by atoms with Gasteiger partial charge in [0, 0.05) is 41.1 Å². The van der Waals surface area contributed by atoms with E-state index in [1.807, 2.05) is 17.8 Å². The third kappa shape index (κ3) is 5.78. The van der Waals surface area contributed by atoms with Crippen molar-refractivity contribution in [2.75, 3.05) is 13.1 Å². The zero-order valence-electron chi connectivity index (χ0n) is 24.4. The van der Waals surface area contributed by atoms with Crippen molar-refractivity contribution in [1.82, 2.24) is 0 Å². The molecule has 5 aliphatic heterocycles. The molecule has 1 radical (unpaired) electrons. The maximum Gasteiger partial charge on any atom is 0.171 e. The van der Waals surface area contributed by atoms with Crippen molar-refractivity contribution in [1.29, 1.82) is 0 Å². The first-order chi connectivity index (χ1) is 18.9. The average Bonchev–Trinajstić information content (AvgIpc) is 3.53. The van der Waals surface area contributed by atoms with Crippen molar-refractivity contribution < 1.29 is 29.0 Å². The number of allylic oxidation sites excluding steroid dienone is 8. The third-order valence-corrected chi connectivity index (χ3v) is 9.34. The van der Waals surface area contributed by atoms with Gasteiger partial charge < -0.3 is 15.4 Å². The van der Waals surface area contributed by atoms with Gasteiger partial charge in [-0.25, -0.2) is 12.1 Å². The summed E-state index contributed by atoms with van der Waals surface area (Å²) in [5.74, 6) is 1.72. The maximum atomic E-state index is 7.68. The summed E-state index contributed by atoms with van der Waals surface area (Å²) in [6.07, 6.45) is 24.4. The van der Waals surface area contributed by atoms with Crippen LogP contribution in [-0.4, -0.2) is 36.3 Å². The first-order valence-corrected chi connectivity index (χ1v) is 14.4. The molecular weight excluding hydrogens is 655 g/mol. The molecule has 0 N–H and O–H groups in total. The normalized spacial score (nSPS) is 35.2. The van der Waals surface area contributed by atoms with Gasteiger partial charge in [0.1, 0.15) is 0 Å². The van der Waals surface area contributed by atoms with E-state index in [0.717, 1.165) is 51.0 Å². The molecule has 7 rings (SSSR count). The van der Waals surface area contributed by atoms with Crippen LogP contribution >= 0.6 is 11.8 Å². The summed E-state index contributed by atoms with van der Waals surface area (Å²) < 4.78 is 29.4. The zero-order chi connectivity index (χ0) is 27.0. The number of hydrogen-bond acceptors (Lipinski definition) is 3. The minimum absolute atomic E-state index is 0. The summed E-state index contributed by atoms with van der Waals surface area (Å²) in [6, 6.07) is 0.132. The summed E-state index contributed by atoms with van der Waals surface area (Å²) in [5.41, 5.74) is 5.45. The Labute approximate surface area is 244 Å². The summed E-state index contributed by atoms with van der Waals surface area (Å²) in [7, 11) is 0. The number of aliphatic imine (C=N–C) groups is 1. The van der Waals surface area contributed by atoms with Crippen LogP contribution in [0.3, 0.4) is 0 Å². The van der Waals surface area contributed by atoms with Gasteiger partial charge in [0.05, 0.1) is 0 Å². The van der Waals surface area contributed by atoms with E-state index in [1.54, 1.807) is 0 Å². The molecular formula is C31H37IrN3OS-4. The van der Waals surface area contributed by atoms with E-state index in [2.05, 4.69) is 54.0 Å². The molecule has 5 atom stereocenters. The molecule has 6 heteroatoms. The van der Waals surface area contributed by atoms with Crippen molar-refractivity contribution in [2.24, 2.45) is 16.8 Å². The average molecular weight is 695 g/mol. The number of hydrogen-bond donors (Lipinski definition) is 0. The smallest absolute Gasteiger partial charge is 0.171 e. The topological polar surface area (TPSA) is 49.8 Å². The molecule has 2 aliphatic carbocycles. The third-order valence-electron chi connectivity index (χ3n) is 8.07. The van der Waals surface area contributed by atoms with E-state index in [-0.39, 0.29) is 32.4 Å². The van der Waals surface area contributed by atoms with Crippen LogP contribution in [0.25, 0.3) is 10.6 Å². The molecule has 0 bridgehead atoms. The first-order valence-electron chi connectivity index (χ1n) is 15.1. The molecule has 1 fully saturated rings. The van der Waals surface area contributed by atoms with E-state index in [4.69, 9.17) is 14.2 Å². The minimum Gasteiger partial charge on any atom is -0.742 e. The van der Waals surface area contributed by atoms with Gasteiger partial charge in [-0.1, -0.05) is 25.7 Å². The molecule has 4 unspecified atom stereocenters. The van der Waals surface area contributed by atoms with E-state index < -0.39 is 6.85 Å². The van der Waals surface area contributed by atoms with Gasteiger partial charge in [0.15, 0.2) is 6.23 Å². The van der Waals surface area contributed by atoms with Crippen LogP contribution in [0, 0.1) is 24.3 Å². The molecule has 37 heavy (non-hydrogen) atoms. The van der Waals surface area contributed by atoms with Gasteiger partial charge in [0.25, 0.3) is 0 Å². The number of fused-ring (bicyclic) bond motifs is 4. The fourth-order valence-electron chi connectivity index (χ4n) is 6.33. The molecule has 0 aromatic rings. The number of ether oxygens (including phenoxy) is 1. The van der Waals surface area contributed by atoms with Crippen LogP contribution in [0.2, 0.25) is 0 Å². The van der Waals surface area contributed by atoms with Crippen LogP contribution in [0.4, 0.5) is 0 Å². The predicted molar refractivity (Wildman–Crippen MR) is 151 cm³/mol. The number of rotatable bonds is 2. The van der Waals surface area contributed by atoms with Crippen LogP contribution in [0.5, 0.6) is 0 Å². The van der Waals surface area contributed by atoms with Crippen molar-refractivity contribution >= 4 is 17.5 Å². The van der Waals surface area contributed by atoms with Crippen LogP contribution < -0.4 is 0 Å². The maximum absolute atomic E-state index is 7.68. The molecule has 201 valence electrons. The van der Waals surface area contributed by atoms with Crippen molar-refractivity contribution in [2.45, 2.75) is 82.7 Å². The molecule has 0 spiro atoms. The van der Waals surface area contributed by atoms with E-state index in [0.29, 0.717) is 29.2 Å².